The largest absolute Gasteiger partial charge is 0.372 e. The first-order chi connectivity index (χ1) is 5.54. The lowest BCUT2D eigenvalue weighted by atomic mass is 9.97. The van der Waals surface area contributed by atoms with Crippen molar-refractivity contribution in [2.75, 3.05) is 0 Å². The van der Waals surface area contributed by atoms with E-state index in [1.165, 1.54) is 25.7 Å². The van der Waals surface area contributed by atoms with E-state index >= 15 is 0 Å². The Morgan fingerprint density at radius 2 is 1.83 bits per heavy atom. The van der Waals surface area contributed by atoms with Crippen LogP contribution in [0.4, 0.5) is 0 Å². The molecule has 0 aromatic carbocycles. The molecule has 70 valence electrons. The van der Waals surface area contributed by atoms with Crippen molar-refractivity contribution in [2.24, 2.45) is 11.8 Å². The monoisotopic (exact) mass is 168 g/mol. The molecule has 0 amide bonds. The van der Waals surface area contributed by atoms with Crippen molar-refractivity contribution in [1.29, 1.82) is 0 Å². The van der Waals surface area contributed by atoms with Crippen LogP contribution in [0.25, 0.3) is 0 Å². The molecule has 2 rings (SSSR count). The average molecular weight is 168 g/mol. The van der Waals surface area contributed by atoms with Crippen LogP contribution in [0.15, 0.2) is 0 Å². The van der Waals surface area contributed by atoms with Gasteiger partial charge in [-0.05, 0) is 58.3 Å². The van der Waals surface area contributed by atoms with Crippen molar-refractivity contribution in [3.8, 4) is 0 Å². The second kappa shape index (κ2) is 2.73. The number of ether oxygens (including phenoxy) is 1. The molecule has 2 aliphatic carbocycles. The van der Waals surface area contributed by atoms with Crippen LogP contribution in [-0.4, -0.2) is 11.7 Å². The molecule has 3 atom stereocenters. The molecular weight excluding hydrogens is 148 g/mol. The average Bonchev–Trinajstić information content (AvgIpc) is 2.42. The van der Waals surface area contributed by atoms with Gasteiger partial charge in [0.1, 0.15) is 0 Å². The Balaban J connectivity index is 1.91. The molecule has 2 bridgehead atoms. The summed E-state index contributed by atoms with van der Waals surface area (Å²) in [6.45, 7) is 6.50. The van der Waals surface area contributed by atoms with Crippen molar-refractivity contribution in [3.63, 3.8) is 0 Å². The zero-order valence-corrected chi connectivity index (χ0v) is 8.47. The highest BCUT2D eigenvalue weighted by Gasteiger charge is 2.41. The van der Waals surface area contributed by atoms with Crippen LogP contribution in [0.1, 0.15) is 46.5 Å². The van der Waals surface area contributed by atoms with Gasteiger partial charge < -0.3 is 4.74 Å². The zero-order valence-electron chi connectivity index (χ0n) is 8.47. The molecule has 2 fully saturated rings. The van der Waals surface area contributed by atoms with Crippen molar-refractivity contribution in [3.05, 3.63) is 0 Å². The van der Waals surface area contributed by atoms with Gasteiger partial charge in [0, 0.05) is 0 Å². The maximum absolute atomic E-state index is 6.03. The fraction of sp³-hybridized carbons (Fsp3) is 1.00. The number of hydrogen-bond acceptors (Lipinski definition) is 1. The highest BCUT2D eigenvalue weighted by Crippen LogP contribution is 2.46. The van der Waals surface area contributed by atoms with E-state index in [-0.39, 0.29) is 5.60 Å². The first-order valence-corrected chi connectivity index (χ1v) is 5.22. The Hall–Kier alpha value is -0.0400. The normalized spacial score (nSPS) is 40.8. The maximum Gasteiger partial charge on any atom is 0.0613 e. The SMILES string of the molecule is CC(C)(C)OC1CC2CC[C@H]1C2. The van der Waals surface area contributed by atoms with Gasteiger partial charge in [-0.3, -0.25) is 0 Å². The minimum atomic E-state index is 0.0646. The molecule has 2 aliphatic rings. The summed E-state index contributed by atoms with van der Waals surface area (Å²) in [5.74, 6) is 1.90. The van der Waals surface area contributed by atoms with E-state index in [0.29, 0.717) is 6.10 Å². The Kier molecular flexibility index (Phi) is 1.95. The summed E-state index contributed by atoms with van der Waals surface area (Å²) in [5, 5.41) is 0. The van der Waals surface area contributed by atoms with Gasteiger partial charge in [-0.2, -0.15) is 0 Å². The van der Waals surface area contributed by atoms with Gasteiger partial charge in [0.2, 0.25) is 0 Å². The lowest BCUT2D eigenvalue weighted by Gasteiger charge is -2.30. The van der Waals surface area contributed by atoms with Gasteiger partial charge in [0.15, 0.2) is 0 Å². The lowest BCUT2D eigenvalue weighted by molar-refractivity contribution is -0.0815. The van der Waals surface area contributed by atoms with Gasteiger partial charge >= 0.3 is 0 Å². The first-order valence-electron chi connectivity index (χ1n) is 5.22. The summed E-state index contributed by atoms with van der Waals surface area (Å²) >= 11 is 0. The molecule has 12 heavy (non-hydrogen) atoms. The van der Waals surface area contributed by atoms with E-state index in [4.69, 9.17) is 4.74 Å². The van der Waals surface area contributed by atoms with Crippen molar-refractivity contribution in [1.82, 2.24) is 0 Å². The summed E-state index contributed by atoms with van der Waals surface area (Å²) in [7, 11) is 0. The summed E-state index contributed by atoms with van der Waals surface area (Å²) in [5.41, 5.74) is 0.0646. The Labute approximate surface area is 75.5 Å². The van der Waals surface area contributed by atoms with Crippen LogP contribution in [0.2, 0.25) is 0 Å². The summed E-state index contributed by atoms with van der Waals surface area (Å²) in [6.07, 6.45) is 6.26. The molecule has 1 heteroatoms. The minimum absolute atomic E-state index is 0.0646. The third-order valence-electron chi connectivity index (χ3n) is 3.18. The fourth-order valence-corrected chi connectivity index (χ4v) is 2.78. The number of rotatable bonds is 1. The Morgan fingerprint density at radius 1 is 1.08 bits per heavy atom. The highest BCUT2D eigenvalue weighted by atomic mass is 16.5. The van der Waals surface area contributed by atoms with Crippen LogP contribution in [-0.2, 0) is 4.74 Å². The van der Waals surface area contributed by atoms with E-state index in [1.54, 1.807) is 0 Å². The first kappa shape index (κ1) is 8.55. The van der Waals surface area contributed by atoms with Gasteiger partial charge in [-0.25, -0.2) is 0 Å². The third kappa shape index (κ3) is 1.66. The molecule has 2 saturated carbocycles. The molecule has 0 saturated heterocycles. The van der Waals surface area contributed by atoms with Gasteiger partial charge in [0.05, 0.1) is 11.7 Å². The summed E-state index contributed by atoms with van der Waals surface area (Å²) in [4.78, 5) is 0. The fourth-order valence-electron chi connectivity index (χ4n) is 2.78. The molecule has 0 radical (unpaired) electrons. The molecule has 0 aliphatic heterocycles. The van der Waals surface area contributed by atoms with Crippen molar-refractivity contribution in [2.45, 2.75) is 58.2 Å². The topological polar surface area (TPSA) is 9.23 Å². The van der Waals surface area contributed by atoms with E-state index in [1.807, 2.05) is 0 Å². The predicted molar refractivity (Wildman–Crippen MR) is 50.1 cm³/mol. The van der Waals surface area contributed by atoms with Crippen LogP contribution in [0.5, 0.6) is 0 Å². The molecule has 0 aromatic heterocycles. The number of hydrogen-bond donors (Lipinski definition) is 0. The van der Waals surface area contributed by atoms with Crippen molar-refractivity contribution < 1.29 is 4.74 Å². The van der Waals surface area contributed by atoms with Crippen LogP contribution in [0, 0.1) is 11.8 Å². The molecule has 0 aromatic rings. The lowest BCUT2D eigenvalue weighted by Crippen LogP contribution is -2.30. The van der Waals surface area contributed by atoms with Crippen LogP contribution < -0.4 is 0 Å². The zero-order chi connectivity index (χ0) is 8.77. The Morgan fingerprint density at radius 3 is 2.25 bits per heavy atom. The smallest absolute Gasteiger partial charge is 0.0613 e. The van der Waals surface area contributed by atoms with Crippen molar-refractivity contribution >= 4 is 0 Å². The number of fused-ring (bicyclic) bond motifs is 2. The predicted octanol–water partition coefficient (Wildman–Crippen LogP) is 2.99. The van der Waals surface area contributed by atoms with E-state index in [9.17, 15) is 0 Å². The van der Waals surface area contributed by atoms with Crippen LogP contribution in [0.3, 0.4) is 0 Å². The highest BCUT2D eigenvalue weighted by molar-refractivity contribution is 4.91. The quantitative estimate of drug-likeness (QED) is 0.585. The molecular formula is C11H20O. The second-order valence-electron chi connectivity index (χ2n) is 5.44. The van der Waals surface area contributed by atoms with E-state index < -0.39 is 0 Å². The molecule has 0 spiro atoms. The van der Waals surface area contributed by atoms with Gasteiger partial charge in [-0.15, -0.1) is 0 Å². The van der Waals surface area contributed by atoms with E-state index in [0.717, 1.165) is 11.8 Å². The standard InChI is InChI=1S/C11H20O/c1-11(2,3)12-10-7-8-4-5-9(10)6-8/h8-10H,4-7H2,1-3H3/t8?,9-,10?/m0/s1. The molecule has 0 N–H and O–H groups in total. The maximum atomic E-state index is 6.03. The second-order valence-corrected chi connectivity index (χ2v) is 5.44. The van der Waals surface area contributed by atoms with Gasteiger partial charge in [0.25, 0.3) is 0 Å². The minimum Gasteiger partial charge on any atom is -0.372 e. The van der Waals surface area contributed by atoms with Crippen LogP contribution >= 0.6 is 0 Å². The van der Waals surface area contributed by atoms with Gasteiger partial charge in [-0.1, -0.05) is 0 Å². The summed E-state index contributed by atoms with van der Waals surface area (Å²) < 4.78 is 6.03. The summed E-state index contributed by atoms with van der Waals surface area (Å²) in [6, 6.07) is 0. The molecule has 0 heterocycles. The molecule has 1 nitrogen and oxygen atoms in total. The third-order valence-corrected chi connectivity index (χ3v) is 3.18. The Bertz CT molecular complexity index is 168. The molecule has 2 unspecified atom stereocenters. The van der Waals surface area contributed by atoms with E-state index in [2.05, 4.69) is 20.8 Å².